The van der Waals surface area contributed by atoms with E-state index >= 15 is 0 Å². The van der Waals surface area contributed by atoms with Crippen molar-refractivity contribution in [1.82, 2.24) is 0 Å². The van der Waals surface area contributed by atoms with Crippen molar-refractivity contribution in [2.75, 3.05) is 7.11 Å². The van der Waals surface area contributed by atoms with Crippen LogP contribution in [0.4, 0.5) is 17.6 Å². The molecule has 0 saturated heterocycles. The van der Waals surface area contributed by atoms with Gasteiger partial charge in [-0.15, -0.1) is 0 Å². The summed E-state index contributed by atoms with van der Waals surface area (Å²) in [4.78, 5) is 35.5. The van der Waals surface area contributed by atoms with Crippen LogP contribution in [0.3, 0.4) is 0 Å². The Morgan fingerprint density at radius 3 is 1.55 bits per heavy atom. The standard InChI is InChI=1S/C16H4F4I4O5/c1-28-15(26)4-5(11(22)13(24)12(23)10(4)21)16(27)29-14-8(19)6(17)3(2-25)7(18)9(14)20/h2H,1H3. The Labute approximate surface area is 214 Å². The molecule has 0 saturated carbocycles. The lowest BCUT2D eigenvalue weighted by Crippen LogP contribution is -2.22. The van der Waals surface area contributed by atoms with Crippen LogP contribution < -0.4 is 4.74 Å². The van der Waals surface area contributed by atoms with E-state index in [0.29, 0.717) is 10.7 Å². The summed E-state index contributed by atoms with van der Waals surface area (Å²) >= 11 is 7.31. The van der Waals surface area contributed by atoms with E-state index in [9.17, 15) is 31.9 Å². The highest BCUT2D eigenvalue weighted by Crippen LogP contribution is 2.35. The Morgan fingerprint density at radius 1 is 0.759 bits per heavy atom. The molecule has 0 aliphatic heterocycles. The lowest BCUT2D eigenvalue weighted by molar-refractivity contribution is 0.0584. The minimum atomic E-state index is -2.07. The summed E-state index contributed by atoms with van der Waals surface area (Å²) in [6, 6.07) is 0. The van der Waals surface area contributed by atoms with Crippen LogP contribution in [0, 0.1) is 37.5 Å². The van der Waals surface area contributed by atoms with Crippen LogP contribution >= 0.6 is 90.4 Å². The molecule has 13 heteroatoms. The number of aldehydes is 1. The Bertz CT molecular complexity index is 1050. The lowest BCUT2D eigenvalue weighted by Gasteiger charge is -2.16. The topological polar surface area (TPSA) is 69.7 Å². The van der Waals surface area contributed by atoms with Crippen LogP contribution in [0.1, 0.15) is 31.1 Å². The van der Waals surface area contributed by atoms with Gasteiger partial charge in [0, 0.05) is 14.3 Å². The van der Waals surface area contributed by atoms with E-state index in [1.165, 1.54) is 0 Å². The second-order valence-electron chi connectivity index (χ2n) is 5.00. The van der Waals surface area contributed by atoms with Crippen LogP contribution in [0.15, 0.2) is 0 Å². The van der Waals surface area contributed by atoms with Gasteiger partial charge in [0.05, 0.1) is 23.8 Å². The number of rotatable bonds is 4. The molecule has 2 aromatic carbocycles. The third-order valence-electron chi connectivity index (χ3n) is 3.43. The van der Waals surface area contributed by atoms with E-state index in [0.717, 1.165) is 7.11 Å². The molecule has 154 valence electrons. The molecule has 0 N–H and O–H groups in total. The first-order chi connectivity index (χ1) is 13.5. The summed E-state index contributed by atoms with van der Waals surface area (Å²) in [6.07, 6.45) is -0.412. The molecule has 0 radical (unpaired) electrons. The summed E-state index contributed by atoms with van der Waals surface area (Å²) in [6.45, 7) is 0. The Balaban J connectivity index is 2.73. The molecule has 2 rings (SSSR count). The maximum atomic E-state index is 14.1. The summed E-state index contributed by atoms with van der Waals surface area (Å²) in [7, 11) is 1.06. The van der Waals surface area contributed by atoms with Crippen LogP contribution in [0.2, 0.25) is 0 Å². The Hall–Kier alpha value is -0.310. The van der Waals surface area contributed by atoms with Gasteiger partial charge in [-0.25, -0.2) is 18.4 Å². The van der Waals surface area contributed by atoms with E-state index in [1.807, 2.05) is 45.2 Å². The average Bonchev–Trinajstić information content (AvgIpc) is 2.70. The monoisotopic (exact) mass is 860 g/mol. The highest BCUT2D eigenvalue weighted by atomic mass is 127. The fourth-order valence-electron chi connectivity index (χ4n) is 2.08. The molecule has 0 aliphatic rings. The zero-order valence-electron chi connectivity index (χ0n) is 13.6. The first kappa shape index (κ1) is 25.0. The predicted molar refractivity (Wildman–Crippen MR) is 125 cm³/mol. The maximum absolute atomic E-state index is 14.1. The minimum absolute atomic E-state index is 0.199. The van der Waals surface area contributed by atoms with E-state index in [1.54, 1.807) is 45.2 Å². The quantitative estimate of drug-likeness (QED) is 0.0776. The molecule has 0 amide bonds. The summed E-state index contributed by atoms with van der Waals surface area (Å²) in [5.41, 5.74) is -2.12. The maximum Gasteiger partial charge on any atom is 0.345 e. The molecular weight excluding hydrogens is 856 g/mol. The predicted octanol–water partition coefficient (Wildman–Crippen LogP) is 5.48. The van der Waals surface area contributed by atoms with E-state index in [-0.39, 0.29) is 9.13 Å². The van der Waals surface area contributed by atoms with Gasteiger partial charge < -0.3 is 9.47 Å². The van der Waals surface area contributed by atoms with Crippen LogP contribution in [-0.4, -0.2) is 25.3 Å². The van der Waals surface area contributed by atoms with Gasteiger partial charge in [0.2, 0.25) is 17.4 Å². The number of carbonyl (C=O) groups excluding carboxylic acids is 3. The molecule has 0 aromatic heterocycles. The number of ether oxygens (including phenoxy) is 2. The first-order valence-corrected chi connectivity index (χ1v) is 11.3. The van der Waals surface area contributed by atoms with E-state index in [4.69, 9.17) is 0 Å². The van der Waals surface area contributed by atoms with Crippen molar-refractivity contribution in [3.63, 3.8) is 0 Å². The zero-order valence-corrected chi connectivity index (χ0v) is 22.3. The van der Waals surface area contributed by atoms with Gasteiger partial charge in [0.25, 0.3) is 0 Å². The van der Waals surface area contributed by atoms with Gasteiger partial charge in [-0.1, -0.05) is 0 Å². The van der Waals surface area contributed by atoms with Gasteiger partial charge in [0.1, 0.15) is 0 Å². The largest absolute Gasteiger partial charge is 0.465 e. The number of halogens is 8. The number of esters is 2. The lowest BCUT2D eigenvalue weighted by atomic mass is 10.1. The summed E-state index contributed by atoms with van der Waals surface area (Å²) in [5, 5.41) is 0. The number of benzene rings is 2. The molecule has 0 spiro atoms. The van der Waals surface area contributed by atoms with Crippen molar-refractivity contribution in [1.29, 1.82) is 0 Å². The summed E-state index contributed by atoms with van der Waals surface area (Å²) in [5.74, 6) is -12.2. The van der Waals surface area contributed by atoms with Gasteiger partial charge in [0.15, 0.2) is 17.9 Å². The van der Waals surface area contributed by atoms with Crippen molar-refractivity contribution >= 4 is 109 Å². The van der Waals surface area contributed by atoms with Crippen LogP contribution in [0.25, 0.3) is 0 Å². The molecule has 0 bridgehead atoms. The van der Waals surface area contributed by atoms with Crippen molar-refractivity contribution in [2.45, 2.75) is 0 Å². The molecule has 0 fully saturated rings. The first-order valence-electron chi connectivity index (χ1n) is 6.97. The molecule has 29 heavy (non-hydrogen) atoms. The Kier molecular flexibility index (Phi) is 8.50. The van der Waals surface area contributed by atoms with E-state index < -0.39 is 58.4 Å². The van der Waals surface area contributed by atoms with Crippen LogP contribution in [0.5, 0.6) is 5.75 Å². The summed E-state index contributed by atoms with van der Waals surface area (Å²) < 4.78 is 66.7. The van der Waals surface area contributed by atoms with Crippen molar-refractivity contribution in [3.05, 3.63) is 54.2 Å². The van der Waals surface area contributed by atoms with Gasteiger partial charge in [-0.2, -0.15) is 8.78 Å². The molecule has 0 unspecified atom stereocenters. The van der Waals surface area contributed by atoms with E-state index in [2.05, 4.69) is 9.47 Å². The fourth-order valence-corrected chi connectivity index (χ4v) is 5.71. The van der Waals surface area contributed by atoms with Crippen molar-refractivity contribution < 1.29 is 41.4 Å². The normalized spacial score (nSPS) is 10.7. The second-order valence-corrected chi connectivity index (χ2v) is 9.32. The van der Waals surface area contributed by atoms with Gasteiger partial charge in [-0.05, 0) is 90.4 Å². The zero-order chi connectivity index (χ0) is 22.2. The fraction of sp³-hybridized carbons (Fsp3) is 0.0625. The molecular formula is C16H4F4I4O5. The number of carbonyl (C=O) groups is 3. The third-order valence-corrected chi connectivity index (χ3v) is 10.8. The number of methoxy groups -OCH3 is 1. The number of hydrogen-bond donors (Lipinski definition) is 0. The SMILES string of the molecule is COC(=O)c1c(I)c(I)c(I)c(I)c1C(=O)Oc1c(F)c(F)c(C=O)c(F)c1F. The van der Waals surface area contributed by atoms with Gasteiger partial charge >= 0.3 is 11.9 Å². The molecule has 0 aliphatic carbocycles. The van der Waals surface area contributed by atoms with Crippen molar-refractivity contribution in [2.24, 2.45) is 0 Å². The third kappa shape index (κ3) is 4.51. The molecule has 2 aromatic rings. The smallest absolute Gasteiger partial charge is 0.345 e. The molecule has 0 atom stereocenters. The minimum Gasteiger partial charge on any atom is -0.465 e. The molecule has 5 nitrogen and oxygen atoms in total. The second kappa shape index (κ2) is 9.88. The number of hydrogen-bond acceptors (Lipinski definition) is 5. The average molecular weight is 860 g/mol. The molecule has 0 heterocycles. The highest BCUT2D eigenvalue weighted by molar-refractivity contribution is 14.1. The van der Waals surface area contributed by atoms with Crippen LogP contribution in [-0.2, 0) is 4.74 Å². The highest BCUT2D eigenvalue weighted by Gasteiger charge is 2.33. The van der Waals surface area contributed by atoms with Crippen molar-refractivity contribution in [3.8, 4) is 5.75 Å². The van der Waals surface area contributed by atoms with Gasteiger partial charge in [-0.3, -0.25) is 4.79 Å². The Morgan fingerprint density at radius 2 is 1.17 bits per heavy atom.